The van der Waals surface area contributed by atoms with Crippen LogP contribution in [0.4, 0.5) is 0 Å². The number of aromatic nitrogens is 1. The molecular formula is C17H15N3O5S2. The standard InChI is InChI=1S/C17H15N3O5S2/c1-2-12(14(18)22)27-17-19-9(8-26-17)7-13(21)25-20-15(23)10-5-3-4-6-11(10)16(20)24/h3-6,8,12H,2,7H2,1H3,(H2,18,22). The predicted octanol–water partition coefficient (Wildman–Crippen LogP) is 1.80. The lowest BCUT2D eigenvalue weighted by atomic mass is 10.1. The van der Waals surface area contributed by atoms with Gasteiger partial charge in [0.15, 0.2) is 4.34 Å². The Balaban J connectivity index is 1.62. The number of carbonyl (C=O) groups excluding carboxylic acids is 4. The Morgan fingerprint density at radius 3 is 2.44 bits per heavy atom. The van der Waals surface area contributed by atoms with E-state index in [-0.39, 0.29) is 17.5 Å². The molecule has 1 aliphatic heterocycles. The minimum Gasteiger partial charge on any atom is -0.369 e. The van der Waals surface area contributed by atoms with Crippen LogP contribution in [0.5, 0.6) is 0 Å². The average Bonchev–Trinajstić information content (AvgIpc) is 3.18. The number of amides is 3. The fraction of sp³-hybridized carbons (Fsp3) is 0.235. The number of carbonyl (C=O) groups is 4. The first-order valence-electron chi connectivity index (χ1n) is 7.99. The highest BCUT2D eigenvalue weighted by Crippen LogP contribution is 2.29. The van der Waals surface area contributed by atoms with E-state index in [1.165, 1.54) is 35.2 Å². The Kier molecular flexibility index (Phi) is 5.57. The number of fused-ring (bicyclic) bond motifs is 1. The molecule has 27 heavy (non-hydrogen) atoms. The monoisotopic (exact) mass is 405 g/mol. The molecule has 3 amide bonds. The maximum atomic E-state index is 12.2. The third kappa shape index (κ3) is 4.01. The minimum atomic E-state index is -0.784. The number of rotatable bonds is 7. The van der Waals surface area contributed by atoms with Crippen molar-refractivity contribution in [3.05, 3.63) is 46.5 Å². The van der Waals surface area contributed by atoms with Crippen LogP contribution in [0.1, 0.15) is 39.8 Å². The van der Waals surface area contributed by atoms with Crippen LogP contribution in [0.15, 0.2) is 34.0 Å². The van der Waals surface area contributed by atoms with E-state index in [1.807, 2.05) is 6.92 Å². The summed E-state index contributed by atoms with van der Waals surface area (Å²) < 4.78 is 0.601. The maximum Gasteiger partial charge on any atom is 0.339 e. The molecule has 0 radical (unpaired) electrons. The second-order valence-corrected chi connectivity index (χ2v) is 7.92. The summed E-state index contributed by atoms with van der Waals surface area (Å²) in [5.74, 6) is -2.56. The van der Waals surface area contributed by atoms with E-state index in [0.29, 0.717) is 21.5 Å². The molecule has 0 fully saturated rings. The molecule has 2 heterocycles. The van der Waals surface area contributed by atoms with E-state index in [9.17, 15) is 19.2 Å². The first kappa shape index (κ1) is 19.1. The molecule has 1 aromatic carbocycles. The first-order chi connectivity index (χ1) is 12.9. The van der Waals surface area contributed by atoms with Gasteiger partial charge in [-0.3, -0.25) is 14.4 Å². The smallest absolute Gasteiger partial charge is 0.339 e. The van der Waals surface area contributed by atoms with Crippen LogP contribution in [-0.4, -0.2) is 39.0 Å². The van der Waals surface area contributed by atoms with E-state index in [4.69, 9.17) is 10.6 Å². The van der Waals surface area contributed by atoms with Crippen molar-refractivity contribution in [3.63, 3.8) is 0 Å². The molecule has 0 saturated carbocycles. The number of hydrogen-bond donors (Lipinski definition) is 1. The maximum absolute atomic E-state index is 12.2. The molecule has 140 valence electrons. The van der Waals surface area contributed by atoms with Gasteiger partial charge in [0.25, 0.3) is 11.8 Å². The van der Waals surface area contributed by atoms with Gasteiger partial charge in [-0.05, 0) is 18.6 Å². The Bertz CT molecular complexity index is 892. The van der Waals surface area contributed by atoms with Gasteiger partial charge in [0.1, 0.15) is 0 Å². The number of hydroxylamine groups is 2. The molecule has 3 rings (SSSR count). The summed E-state index contributed by atoms with van der Waals surface area (Å²) in [6.07, 6.45) is 0.356. The SMILES string of the molecule is CCC(Sc1nc(CC(=O)ON2C(=O)c3ccccc3C2=O)cs1)C(N)=O. The van der Waals surface area contributed by atoms with Crippen molar-refractivity contribution >= 4 is 46.8 Å². The van der Waals surface area contributed by atoms with Crippen molar-refractivity contribution in [2.75, 3.05) is 0 Å². The van der Waals surface area contributed by atoms with Gasteiger partial charge in [-0.25, -0.2) is 9.78 Å². The van der Waals surface area contributed by atoms with Crippen LogP contribution in [0, 0.1) is 0 Å². The summed E-state index contributed by atoms with van der Waals surface area (Å²) in [5, 5.41) is 1.73. The molecule has 0 saturated heterocycles. The van der Waals surface area contributed by atoms with E-state index in [0.717, 1.165) is 0 Å². The lowest BCUT2D eigenvalue weighted by Gasteiger charge is -2.12. The predicted molar refractivity (Wildman–Crippen MR) is 98.0 cm³/mol. The van der Waals surface area contributed by atoms with Crippen LogP contribution in [0.2, 0.25) is 0 Å². The van der Waals surface area contributed by atoms with Gasteiger partial charge in [-0.15, -0.1) is 11.3 Å². The molecular weight excluding hydrogens is 390 g/mol. The highest BCUT2D eigenvalue weighted by molar-refractivity contribution is 8.02. The van der Waals surface area contributed by atoms with E-state index < -0.39 is 28.9 Å². The Morgan fingerprint density at radius 2 is 1.89 bits per heavy atom. The van der Waals surface area contributed by atoms with Gasteiger partial charge in [0, 0.05) is 5.38 Å². The molecule has 0 spiro atoms. The topological polar surface area (TPSA) is 120 Å². The van der Waals surface area contributed by atoms with Gasteiger partial charge >= 0.3 is 5.97 Å². The number of nitrogens with two attached hydrogens (primary N) is 1. The van der Waals surface area contributed by atoms with Crippen molar-refractivity contribution < 1.29 is 24.0 Å². The summed E-state index contributed by atoms with van der Waals surface area (Å²) in [7, 11) is 0. The van der Waals surface area contributed by atoms with Crippen molar-refractivity contribution in [2.45, 2.75) is 29.4 Å². The first-order valence-corrected chi connectivity index (χ1v) is 9.75. The third-order valence-electron chi connectivity index (χ3n) is 3.74. The zero-order valence-corrected chi connectivity index (χ0v) is 15.8. The molecule has 0 aliphatic carbocycles. The van der Waals surface area contributed by atoms with Crippen LogP contribution >= 0.6 is 23.1 Å². The van der Waals surface area contributed by atoms with Crippen LogP contribution in [0.3, 0.4) is 0 Å². The van der Waals surface area contributed by atoms with E-state index in [2.05, 4.69) is 4.98 Å². The number of benzene rings is 1. The summed E-state index contributed by atoms with van der Waals surface area (Å²) in [5.41, 5.74) is 6.12. The van der Waals surface area contributed by atoms with Crippen LogP contribution in [0.25, 0.3) is 0 Å². The molecule has 1 unspecified atom stereocenters. The molecule has 0 bridgehead atoms. The quantitative estimate of drug-likeness (QED) is 0.551. The molecule has 1 aromatic heterocycles. The van der Waals surface area contributed by atoms with Crippen molar-refractivity contribution in [3.8, 4) is 0 Å². The number of thioether (sulfide) groups is 1. The van der Waals surface area contributed by atoms with Gasteiger partial charge in [-0.2, -0.15) is 0 Å². The molecule has 10 heteroatoms. The Hall–Kier alpha value is -2.72. The lowest BCUT2D eigenvalue weighted by Crippen LogP contribution is -2.33. The highest BCUT2D eigenvalue weighted by Gasteiger charge is 2.38. The highest BCUT2D eigenvalue weighted by atomic mass is 32.2. The van der Waals surface area contributed by atoms with Crippen molar-refractivity contribution in [1.29, 1.82) is 0 Å². The summed E-state index contributed by atoms with van der Waals surface area (Å²) in [6.45, 7) is 1.84. The van der Waals surface area contributed by atoms with Crippen LogP contribution < -0.4 is 5.73 Å². The average molecular weight is 405 g/mol. The van der Waals surface area contributed by atoms with Gasteiger partial charge in [0.2, 0.25) is 5.91 Å². The van der Waals surface area contributed by atoms with E-state index in [1.54, 1.807) is 17.5 Å². The minimum absolute atomic E-state index is 0.194. The van der Waals surface area contributed by atoms with Gasteiger partial charge < -0.3 is 10.6 Å². The van der Waals surface area contributed by atoms with E-state index >= 15 is 0 Å². The summed E-state index contributed by atoms with van der Waals surface area (Å²) >= 11 is 2.51. The summed E-state index contributed by atoms with van der Waals surface area (Å²) in [6, 6.07) is 6.24. The number of nitrogens with zero attached hydrogens (tertiary/aromatic N) is 2. The molecule has 1 atom stereocenters. The molecule has 2 N–H and O–H groups in total. The van der Waals surface area contributed by atoms with Crippen molar-refractivity contribution in [1.82, 2.24) is 10.0 Å². The van der Waals surface area contributed by atoms with Crippen molar-refractivity contribution in [2.24, 2.45) is 5.73 Å². The Labute approximate surface area is 162 Å². The zero-order valence-electron chi connectivity index (χ0n) is 14.2. The Morgan fingerprint density at radius 1 is 1.26 bits per heavy atom. The number of hydrogen-bond acceptors (Lipinski definition) is 8. The zero-order chi connectivity index (χ0) is 19.6. The fourth-order valence-corrected chi connectivity index (χ4v) is 4.37. The van der Waals surface area contributed by atoms with Crippen LogP contribution in [-0.2, 0) is 20.8 Å². The van der Waals surface area contributed by atoms with Gasteiger partial charge in [0.05, 0.1) is 28.5 Å². The largest absolute Gasteiger partial charge is 0.369 e. The van der Waals surface area contributed by atoms with Gasteiger partial charge in [-0.1, -0.05) is 35.9 Å². The second kappa shape index (κ2) is 7.89. The summed E-state index contributed by atoms with van der Waals surface area (Å²) in [4.78, 5) is 57.0. The fourth-order valence-electron chi connectivity index (χ4n) is 2.42. The number of primary amides is 1. The lowest BCUT2D eigenvalue weighted by molar-refractivity contribution is -0.167. The number of imide groups is 1. The second-order valence-electron chi connectivity index (χ2n) is 5.61. The molecule has 8 nitrogen and oxygen atoms in total. The molecule has 1 aliphatic rings. The molecule has 2 aromatic rings. The third-order valence-corrected chi connectivity index (χ3v) is 6.14. The number of thiazole rings is 1. The normalized spacial score (nSPS) is 14.2.